The van der Waals surface area contributed by atoms with Crippen LogP contribution >= 0.6 is 0 Å². The number of rotatable bonds is 4. The van der Waals surface area contributed by atoms with Gasteiger partial charge in [0.2, 0.25) is 5.91 Å². The van der Waals surface area contributed by atoms with Crippen molar-refractivity contribution in [3.05, 3.63) is 75.3 Å². The number of carbonyl (C=O) groups is 1. The second-order valence-corrected chi connectivity index (χ2v) is 4.98. The van der Waals surface area contributed by atoms with E-state index in [0.717, 1.165) is 24.3 Å². The molecule has 0 heterocycles. The molecule has 5 nitrogen and oxygen atoms in total. The van der Waals surface area contributed by atoms with Gasteiger partial charge in [-0.1, -0.05) is 0 Å². The van der Waals surface area contributed by atoms with Gasteiger partial charge in [-0.05, 0) is 36.4 Å². The first kappa shape index (κ1) is 19.0. The number of alkyl halides is 3. The Morgan fingerprint density at radius 3 is 2.42 bits per heavy atom. The van der Waals surface area contributed by atoms with E-state index in [1.165, 1.54) is 0 Å². The molecule has 2 rings (SSSR count). The third kappa shape index (κ3) is 4.62. The minimum absolute atomic E-state index is 0.115. The third-order valence-electron chi connectivity index (χ3n) is 3.16. The molecule has 1 N–H and O–H groups in total. The molecule has 26 heavy (non-hydrogen) atoms. The van der Waals surface area contributed by atoms with Gasteiger partial charge in [0.15, 0.2) is 0 Å². The first-order valence-corrected chi connectivity index (χ1v) is 6.87. The third-order valence-corrected chi connectivity index (χ3v) is 3.16. The van der Waals surface area contributed by atoms with E-state index < -0.39 is 45.6 Å². The van der Waals surface area contributed by atoms with Gasteiger partial charge in [-0.15, -0.1) is 0 Å². The Morgan fingerprint density at radius 2 is 1.81 bits per heavy atom. The maximum Gasteiger partial charge on any atom is 0.416 e. The molecule has 136 valence electrons. The van der Waals surface area contributed by atoms with Gasteiger partial charge in [0.25, 0.3) is 5.69 Å². The zero-order valence-electron chi connectivity index (χ0n) is 12.7. The molecule has 0 aliphatic heterocycles. The average Bonchev–Trinajstić information content (AvgIpc) is 2.54. The lowest BCUT2D eigenvalue weighted by Crippen LogP contribution is -2.12. The normalized spacial score (nSPS) is 11.6. The molecule has 0 bridgehead atoms. The summed E-state index contributed by atoms with van der Waals surface area (Å²) < 4.78 is 64.4. The Hall–Kier alpha value is -3.30. The molecule has 0 saturated heterocycles. The number of nitrogens with zero attached hydrogens (tertiary/aromatic N) is 1. The maximum absolute atomic E-state index is 13.6. The van der Waals surface area contributed by atoms with E-state index in [9.17, 15) is 36.9 Å². The number of anilines is 1. The molecule has 2 aromatic carbocycles. The van der Waals surface area contributed by atoms with Crippen LogP contribution in [0, 0.1) is 21.7 Å². The van der Waals surface area contributed by atoms with Crippen molar-refractivity contribution >= 4 is 23.4 Å². The van der Waals surface area contributed by atoms with Crippen LogP contribution in [0.25, 0.3) is 6.08 Å². The Labute approximate surface area is 142 Å². The van der Waals surface area contributed by atoms with E-state index in [2.05, 4.69) is 0 Å². The monoisotopic (exact) mass is 372 g/mol. The largest absolute Gasteiger partial charge is 0.416 e. The number of nitro groups is 1. The minimum Gasteiger partial charge on any atom is -0.320 e. The molecule has 0 spiro atoms. The summed E-state index contributed by atoms with van der Waals surface area (Å²) in [4.78, 5) is 21.7. The van der Waals surface area contributed by atoms with Gasteiger partial charge >= 0.3 is 6.18 Å². The molecule has 0 aliphatic carbocycles. The predicted molar refractivity (Wildman–Crippen MR) is 82.1 cm³/mol. The van der Waals surface area contributed by atoms with Crippen molar-refractivity contribution in [2.24, 2.45) is 0 Å². The number of amides is 1. The van der Waals surface area contributed by atoms with Crippen molar-refractivity contribution in [2.75, 3.05) is 5.32 Å². The topological polar surface area (TPSA) is 72.2 Å². The van der Waals surface area contributed by atoms with Gasteiger partial charge in [-0.25, -0.2) is 8.78 Å². The van der Waals surface area contributed by atoms with Crippen LogP contribution in [0.5, 0.6) is 0 Å². The van der Waals surface area contributed by atoms with Gasteiger partial charge in [0.1, 0.15) is 11.6 Å². The fourth-order valence-electron chi connectivity index (χ4n) is 1.95. The first-order valence-electron chi connectivity index (χ1n) is 6.87. The van der Waals surface area contributed by atoms with Crippen LogP contribution in [-0.2, 0) is 11.0 Å². The summed E-state index contributed by atoms with van der Waals surface area (Å²) in [5.41, 5.74) is -2.59. The molecule has 0 saturated carbocycles. The highest BCUT2D eigenvalue weighted by atomic mass is 19.4. The smallest absolute Gasteiger partial charge is 0.320 e. The van der Waals surface area contributed by atoms with Crippen LogP contribution in [0.2, 0.25) is 0 Å². The van der Waals surface area contributed by atoms with Crippen molar-refractivity contribution in [1.82, 2.24) is 0 Å². The van der Waals surface area contributed by atoms with Gasteiger partial charge in [0, 0.05) is 6.08 Å². The summed E-state index contributed by atoms with van der Waals surface area (Å²) in [5, 5.41) is 12.7. The van der Waals surface area contributed by atoms with Crippen LogP contribution in [0.3, 0.4) is 0 Å². The lowest BCUT2D eigenvalue weighted by molar-refractivity contribution is -0.385. The predicted octanol–water partition coefficient (Wildman–Crippen LogP) is 4.54. The van der Waals surface area contributed by atoms with Crippen molar-refractivity contribution in [1.29, 1.82) is 0 Å². The molecular formula is C16H9F5N2O3. The Bertz CT molecular complexity index is 894. The molecule has 0 unspecified atom stereocenters. The molecule has 2 aromatic rings. The number of nitrogens with one attached hydrogen (secondary N) is 1. The summed E-state index contributed by atoms with van der Waals surface area (Å²) >= 11 is 0. The number of nitro benzene ring substituents is 1. The van der Waals surface area contributed by atoms with E-state index in [-0.39, 0.29) is 5.56 Å². The van der Waals surface area contributed by atoms with Crippen LogP contribution in [0.15, 0.2) is 42.5 Å². The first-order chi connectivity index (χ1) is 12.1. The van der Waals surface area contributed by atoms with Gasteiger partial charge in [-0.2, -0.15) is 13.2 Å². The summed E-state index contributed by atoms with van der Waals surface area (Å²) in [6.45, 7) is 0. The lowest BCUT2D eigenvalue weighted by Gasteiger charge is -2.10. The highest BCUT2D eigenvalue weighted by Gasteiger charge is 2.31. The number of benzene rings is 2. The summed E-state index contributed by atoms with van der Waals surface area (Å²) in [6.07, 6.45) is -3.02. The highest BCUT2D eigenvalue weighted by molar-refractivity contribution is 6.02. The number of hydrogen-bond acceptors (Lipinski definition) is 3. The summed E-state index contributed by atoms with van der Waals surface area (Å²) in [5.74, 6) is -2.97. The Balaban J connectivity index is 2.22. The second-order valence-electron chi connectivity index (χ2n) is 4.98. The molecular weight excluding hydrogens is 363 g/mol. The summed E-state index contributed by atoms with van der Waals surface area (Å²) in [6, 6.07) is 4.10. The standard InChI is InChI=1S/C16H9F5N2O3/c17-11-4-1-9(14(8-11)23(25)26)2-6-15(24)22-13-7-10(16(19,20)21)3-5-12(13)18/h1-8H,(H,22,24). The maximum atomic E-state index is 13.6. The van der Waals surface area contributed by atoms with Crippen molar-refractivity contribution in [3.8, 4) is 0 Å². The quantitative estimate of drug-likeness (QED) is 0.371. The van der Waals surface area contributed by atoms with E-state index in [1.807, 2.05) is 5.32 Å². The van der Waals surface area contributed by atoms with Gasteiger partial charge in [-0.3, -0.25) is 14.9 Å². The Morgan fingerprint density at radius 1 is 1.12 bits per heavy atom. The van der Waals surface area contributed by atoms with Crippen LogP contribution < -0.4 is 5.32 Å². The number of halogens is 5. The molecule has 0 aromatic heterocycles. The number of hydrogen-bond donors (Lipinski definition) is 1. The van der Waals surface area contributed by atoms with Gasteiger partial charge < -0.3 is 5.32 Å². The van der Waals surface area contributed by atoms with Crippen LogP contribution in [0.4, 0.5) is 33.3 Å². The fraction of sp³-hybridized carbons (Fsp3) is 0.0625. The van der Waals surface area contributed by atoms with E-state index >= 15 is 0 Å². The zero-order chi connectivity index (χ0) is 19.5. The van der Waals surface area contributed by atoms with Gasteiger partial charge in [0.05, 0.1) is 27.8 Å². The van der Waals surface area contributed by atoms with E-state index in [4.69, 9.17) is 0 Å². The molecule has 1 amide bonds. The molecule has 0 atom stereocenters. The summed E-state index contributed by atoms with van der Waals surface area (Å²) in [7, 11) is 0. The minimum atomic E-state index is -4.72. The molecule has 10 heteroatoms. The van der Waals surface area contributed by atoms with E-state index in [0.29, 0.717) is 24.3 Å². The highest BCUT2D eigenvalue weighted by Crippen LogP contribution is 2.31. The zero-order valence-corrected chi connectivity index (χ0v) is 12.7. The van der Waals surface area contributed by atoms with Crippen LogP contribution in [0.1, 0.15) is 11.1 Å². The SMILES string of the molecule is O=C(C=Cc1ccc(F)cc1[N+](=O)[O-])Nc1cc(C(F)(F)F)ccc1F. The lowest BCUT2D eigenvalue weighted by atomic mass is 10.1. The van der Waals surface area contributed by atoms with Crippen molar-refractivity contribution in [2.45, 2.75) is 6.18 Å². The fourth-order valence-corrected chi connectivity index (χ4v) is 1.95. The molecule has 0 radical (unpaired) electrons. The Kier molecular flexibility index (Phi) is 5.34. The van der Waals surface area contributed by atoms with Crippen molar-refractivity contribution < 1.29 is 31.7 Å². The van der Waals surface area contributed by atoms with E-state index in [1.54, 1.807) is 0 Å². The average molecular weight is 372 g/mol. The van der Waals surface area contributed by atoms with Crippen molar-refractivity contribution in [3.63, 3.8) is 0 Å². The molecule has 0 fully saturated rings. The second kappa shape index (κ2) is 7.30. The van der Waals surface area contributed by atoms with Crippen LogP contribution in [-0.4, -0.2) is 10.8 Å². The number of carbonyl (C=O) groups excluding carboxylic acids is 1. The molecule has 0 aliphatic rings.